The molecular formula is C26H21N9O4. The van der Waals surface area contributed by atoms with E-state index in [-0.39, 0.29) is 12.0 Å². The van der Waals surface area contributed by atoms with Crippen LogP contribution in [-0.4, -0.2) is 58.0 Å². The van der Waals surface area contributed by atoms with Gasteiger partial charge in [-0.05, 0) is 24.6 Å². The number of nitrogens with zero attached hydrogens (tertiary/aromatic N) is 6. The maximum atomic E-state index is 11.0. The van der Waals surface area contributed by atoms with E-state index in [2.05, 4.69) is 51.8 Å². The second-order valence-electron chi connectivity index (χ2n) is 8.64. The smallest absolute Gasteiger partial charge is 0.331 e. The summed E-state index contributed by atoms with van der Waals surface area (Å²) in [7, 11) is 1.78. The van der Waals surface area contributed by atoms with Crippen molar-refractivity contribution in [3.8, 4) is 11.5 Å². The summed E-state index contributed by atoms with van der Waals surface area (Å²) < 4.78 is 10.9. The molecule has 0 radical (unpaired) electrons. The quantitative estimate of drug-likeness (QED) is 0.234. The lowest BCUT2D eigenvalue weighted by atomic mass is 10.0. The fourth-order valence-electron chi connectivity index (χ4n) is 4.18. The number of carboxylic acids is 1. The number of H-pyrrole nitrogens is 2. The molecule has 0 bridgehead atoms. The fraction of sp³-hybridized carbons (Fsp3) is 0.115. The van der Waals surface area contributed by atoms with Gasteiger partial charge in [-0.2, -0.15) is 4.98 Å². The topological polar surface area (TPSA) is 185 Å². The van der Waals surface area contributed by atoms with Crippen LogP contribution in [0, 0.1) is 6.92 Å². The predicted molar refractivity (Wildman–Crippen MR) is 143 cm³/mol. The van der Waals surface area contributed by atoms with Gasteiger partial charge in [-0.25, -0.2) is 29.7 Å². The predicted octanol–water partition coefficient (Wildman–Crippen LogP) is 4.40. The Morgan fingerprint density at radius 1 is 1.08 bits per heavy atom. The van der Waals surface area contributed by atoms with E-state index in [1.807, 2.05) is 31.2 Å². The molecule has 6 aromatic heterocycles. The summed E-state index contributed by atoms with van der Waals surface area (Å²) in [5.74, 6) is 0.777. The number of aryl methyl sites for hydroxylation is 1. The third kappa shape index (κ3) is 4.31. The number of benzene rings is 1. The van der Waals surface area contributed by atoms with Crippen molar-refractivity contribution in [2.75, 3.05) is 12.4 Å². The number of imidazole rings is 2. The van der Waals surface area contributed by atoms with E-state index in [9.17, 15) is 4.79 Å². The molecule has 0 saturated heterocycles. The number of carbonyl (C=O) groups is 1. The maximum absolute atomic E-state index is 11.0. The van der Waals surface area contributed by atoms with Crippen molar-refractivity contribution in [1.29, 1.82) is 0 Å². The SMILES string of the molecule is C=C(Cc1cccc(-c2nc3c(nc(NC)c4[nH]c(C)nc43)o2)c1)C(=O)O.c1nc2c(cnc3ocnc32)[nH]1. The standard InChI is InChI=1S/C19H17N5O3.C7H4N4O/c1-9(19(25)26)7-11-5-4-6-12(8-11)17-23-15-13-14(22-10(2)21-13)16(20-3)24-18(15)27-17;1-4-5(10-2-9-4)6-7(8-1)12-3-11-6/h4-6,8H,1,7H2,2-3H3,(H,20,24)(H,21,22)(H,25,26);1-3H,(H,9,10). The molecule has 6 heterocycles. The Bertz CT molecular complexity index is 1960. The van der Waals surface area contributed by atoms with Crippen molar-refractivity contribution in [3.05, 3.63) is 66.7 Å². The minimum atomic E-state index is -1.01. The zero-order chi connectivity index (χ0) is 27.1. The molecule has 13 nitrogen and oxygen atoms in total. The van der Waals surface area contributed by atoms with Crippen LogP contribution in [0.2, 0.25) is 0 Å². The Kier molecular flexibility index (Phi) is 5.72. The van der Waals surface area contributed by atoms with E-state index in [1.165, 1.54) is 6.39 Å². The summed E-state index contributed by atoms with van der Waals surface area (Å²) in [5, 5.41) is 12.1. The highest BCUT2D eigenvalue weighted by atomic mass is 16.4. The van der Waals surface area contributed by atoms with Crippen LogP contribution in [0.5, 0.6) is 0 Å². The van der Waals surface area contributed by atoms with Gasteiger partial charge in [0.05, 0.1) is 18.0 Å². The van der Waals surface area contributed by atoms with Crippen LogP contribution >= 0.6 is 0 Å². The first-order chi connectivity index (χ1) is 18.9. The lowest BCUT2D eigenvalue weighted by Gasteiger charge is -2.02. The van der Waals surface area contributed by atoms with E-state index < -0.39 is 5.97 Å². The van der Waals surface area contributed by atoms with Gasteiger partial charge in [0.15, 0.2) is 23.2 Å². The van der Waals surface area contributed by atoms with Crippen molar-refractivity contribution >= 4 is 56.3 Å². The lowest BCUT2D eigenvalue weighted by Crippen LogP contribution is -2.02. The number of aliphatic carboxylic acids is 1. The van der Waals surface area contributed by atoms with Crippen molar-refractivity contribution in [3.63, 3.8) is 0 Å². The van der Waals surface area contributed by atoms with Crippen LogP contribution in [-0.2, 0) is 11.2 Å². The number of nitrogens with one attached hydrogen (secondary N) is 3. The van der Waals surface area contributed by atoms with Crippen molar-refractivity contribution in [1.82, 2.24) is 39.9 Å². The number of pyridine rings is 2. The molecular weight excluding hydrogens is 502 g/mol. The highest BCUT2D eigenvalue weighted by molar-refractivity contribution is 6.03. The van der Waals surface area contributed by atoms with Crippen LogP contribution < -0.4 is 5.32 Å². The average Bonchev–Trinajstić information content (AvgIpc) is 3.72. The molecule has 0 unspecified atom stereocenters. The second-order valence-corrected chi connectivity index (χ2v) is 8.64. The van der Waals surface area contributed by atoms with Gasteiger partial charge in [-0.1, -0.05) is 18.7 Å². The highest BCUT2D eigenvalue weighted by Crippen LogP contribution is 2.31. The van der Waals surface area contributed by atoms with Gasteiger partial charge < -0.3 is 29.2 Å². The molecule has 0 amide bonds. The summed E-state index contributed by atoms with van der Waals surface area (Å²) in [6, 6.07) is 7.36. The van der Waals surface area contributed by atoms with Gasteiger partial charge in [0.2, 0.25) is 11.6 Å². The summed E-state index contributed by atoms with van der Waals surface area (Å²) in [6.45, 7) is 5.44. The normalized spacial score (nSPS) is 11.2. The van der Waals surface area contributed by atoms with Crippen LogP contribution in [0.15, 0.2) is 64.2 Å². The monoisotopic (exact) mass is 523 g/mol. The molecule has 0 atom stereocenters. The van der Waals surface area contributed by atoms with Crippen LogP contribution in [0.25, 0.3) is 56.0 Å². The lowest BCUT2D eigenvalue weighted by molar-refractivity contribution is -0.132. The first-order valence-electron chi connectivity index (χ1n) is 11.8. The molecule has 194 valence electrons. The van der Waals surface area contributed by atoms with Gasteiger partial charge >= 0.3 is 5.97 Å². The Morgan fingerprint density at radius 3 is 2.77 bits per heavy atom. The van der Waals surface area contributed by atoms with Crippen molar-refractivity contribution in [2.24, 2.45) is 0 Å². The average molecular weight is 524 g/mol. The molecule has 0 saturated carbocycles. The largest absolute Gasteiger partial charge is 0.478 e. The van der Waals surface area contributed by atoms with Crippen molar-refractivity contribution in [2.45, 2.75) is 13.3 Å². The first kappa shape index (κ1) is 23.8. The van der Waals surface area contributed by atoms with Crippen LogP contribution in [0.1, 0.15) is 11.4 Å². The number of carboxylic acid groups (broad SMARTS) is 1. The van der Waals surface area contributed by atoms with E-state index >= 15 is 0 Å². The van der Waals surface area contributed by atoms with Crippen LogP contribution in [0.4, 0.5) is 5.82 Å². The van der Waals surface area contributed by atoms with Gasteiger partial charge in [0, 0.05) is 24.6 Å². The Labute approximate surface area is 219 Å². The third-order valence-corrected chi connectivity index (χ3v) is 5.99. The van der Waals surface area contributed by atoms with E-state index in [0.29, 0.717) is 39.7 Å². The molecule has 0 aliphatic rings. The number of hydrogen-bond acceptors (Lipinski definition) is 10. The zero-order valence-corrected chi connectivity index (χ0v) is 20.8. The molecule has 7 rings (SSSR count). The molecule has 0 spiro atoms. The third-order valence-electron chi connectivity index (χ3n) is 5.99. The van der Waals surface area contributed by atoms with Crippen molar-refractivity contribution < 1.29 is 18.7 Å². The highest BCUT2D eigenvalue weighted by Gasteiger charge is 2.18. The van der Waals surface area contributed by atoms with Gasteiger partial charge in [-0.3, -0.25) is 0 Å². The van der Waals surface area contributed by atoms with E-state index in [0.717, 1.165) is 33.5 Å². The molecule has 4 N–H and O–H groups in total. The number of rotatable bonds is 5. The summed E-state index contributed by atoms with van der Waals surface area (Å²) in [6.07, 6.45) is 4.90. The first-order valence-corrected chi connectivity index (χ1v) is 11.8. The summed E-state index contributed by atoms with van der Waals surface area (Å²) in [5.41, 5.74) is 6.98. The number of anilines is 1. The second kappa shape index (κ2) is 9.37. The zero-order valence-electron chi connectivity index (χ0n) is 20.8. The minimum absolute atomic E-state index is 0.124. The molecule has 39 heavy (non-hydrogen) atoms. The van der Waals surface area contributed by atoms with E-state index in [1.54, 1.807) is 19.6 Å². The Balaban J connectivity index is 0.000000190. The number of aromatic amines is 2. The van der Waals surface area contributed by atoms with Gasteiger partial charge in [0.1, 0.15) is 22.4 Å². The molecule has 0 fully saturated rings. The Hall–Kier alpha value is -5.59. The minimum Gasteiger partial charge on any atom is -0.478 e. The van der Waals surface area contributed by atoms with Crippen LogP contribution in [0.3, 0.4) is 0 Å². The number of oxazole rings is 2. The van der Waals surface area contributed by atoms with Gasteiger partial charge in [0.25, 0.3) is 5.71 Å². The molecule has 0 aliphatic carbocycles. The van der Waals surface area contributed by atoms with Gasteiger partial charge in [-0.15, -0.1) is 0 Å². The van der Waals surface area contributed by atoms with E-state index in [4.69, 9.17) is 13.9 Å². The molecule has 7 aromatic rings. The fourth-order valence-corrected chi connectivity index (χ4v) is 4.18. The molecule has 0 aliphatic heterocycles. The number of aromatic nitrogens is 8. The maximum Gasteiger partial charge on any atom is 0.331 e. The number of hydrogen-bond donors (Lipinski definition) is 4. The molecule has 13 heteroatoms. The summed E-state index contributed by atoms with van der Waals surface area (Å²) in [4.78, 5) is 42.8. The Morgan fingerprint density at radius 2 is 1.95 bits per heavy atom. The molecule has 1 aromatic carbocycles. The number of fused-ring (bicyclic) bond motifs is 6. The summed E-state index contributed by atoms with van der Waals surface area (Å²) >= 11 is 0.